The van der Waals surface area contributed by atoms with Crippen molar-refractivity contribution in [2.75, 3.05) is 13.7 Å². The Morgan fingerprint density at radius 3 is 2.78 bits per heavy atom. The zero-order chi connectivity index (χ0) is 24.7. The summed E-state index contributed by atoms with van der Waals surface area (Å²) in [5, 5.41) is 1.10. The number of aryl methyl sites for hydroxylation is 1. The van der Waals surface area contributed by atoms with Gasteiger partial charge in [0.1, 0.15) is 16.9 Å². The molecular weight excluding hydrogens is 454 g/mol. The Balaban J connectivity index is 1.34. The fourth-order valence-electron chi connectivity index (χ4n) is 6.44. The number of aromatic nitrogens is 4. The zero-order valence-electron chi connectivity index (χ0n) is 20.6. The highest BCUT2D eigenvalue weighted by atomic mass is 16.5. The summed E-state index contributed by atoms with van der Waals surface area (Å²) in [5.74, 6) is 2.34. The van der Waals surface area contributed by atoms with Crippen LogP contribution >= 0.6 is 0 Å². The van der Waals surface area contributed by atoms with Gasteiger partial charge >= 0.3 is 0 Å². The predicted molar refractivity (Wildman–Crippen MR) is 138 cm³/mol. The number of likely N-dealkylation sites (tertiary alicyclic amines) is 1. The minimum Gasteiger partial charge on any atom is -0.494 e. The van der Waals surface area contributed by atoms with Gasteiger partial charge in [0.25, 0.3) is 5.91 Å². The molecule has 2 aliphatic carbocycles. The number of nitrogens with zero attached hydrogens (tertiary/aromatic N) is 5. The van der Waals surface area contributed by atoms with Gasteiger partial charge in [-0.1, -0.05) is 0 Å². The second kappa shape index (κ2) is 7.78. The number of fused-ring (bicyclic) bond motifs is 4. The highest BCUT2D eigenvalue weighted by Gasteiger charge is 2.51. The molecule has 1 amide bonds. The van der Waals surface area contributed by atoms with Crippen LogP contribution in [0.4, 0.5) is 0 Å². The van der Waals surface area contributed by atoms with Crippen molar-refractivity contribution in [3.8, 4) is 17.3 Å². The number of nitrogens with two attached hydrogens (primary N) is 2. The quantitative estimate of drug-likeness (QED) is 0.449. The molecule has 7 rings (SSSR count). The van der Waals surface area contributed by atoms with Gasteiger partial charge in [-0.2, -0.15) is 0 Å². The number of rotatable bonds is 5. The van der Waals surface area contributed by atoms with E-state index in [-0.39, 0.29) is 30.0 Å². The van der Waals surface area contributed by atoms with E-state index in [0.717, 1.165) is 46.6 Å². The van der Waals surface area contributed by atoms with Crippen LogP contribution in [0.1, 0.15) is 29.6 Å². The van der Waals surface area contributed by atoms with E-state index in [2.05, 4.69) is 26.3 Å². The van der Waals surface area contributed by atoms with Crippen LogP contribution in [0.15, 0.2) is 36.5 Å². The van der Waals surface area contributed by atoms with Gasteiger partial charge in [-0.05, 0) is 61.4 Å². The number of benzene rings is 1. The molecule has 0 spiro atoms. The molecule has 1 saturated heterocycles. The third kappa shape index (κ3) is 3.12. The number of methoxy groups -OCH3 is 1. The Hall–Kier alpha value is -3.43. The molecule has 4 N–H and O–H groups in total. The molecule has 36 heavy (non-hydrogen) atoms. The Bertz CT molecular complexity index is 1520. The van der Waals surface area contributed by atoms with Crippen molar-refractivity contribution in [3.63, 3.8) is 0 Å². The molecule has 4 heterocycles. The smallest absolute Gasteiger partial charge is 0.254 e. The summed E-state index contributed by atoms with van der Waals surface area (Å²) in [4.78, 5) is 25.2. The lowest BCUT2D eigenvalue weighted by Gasteiger charge is -2.31. The number of pyridine rings is 1. The molecule has 2 saturated carbocycles. The Morgan fingerprint density at radius 2 is 2.06 bits per heavy atom. The van der Waals surface area contributed by atoms with Crippen LogP contribution in [0.2, 0.25) is 0 Å². The van der Waals surface area contributed by atoms with Gasteiger partial charge in [0.2, 0.25) is 0 Å². The van der Waals surface area contributed by atoms with Gasteiger partial charge in [0.05, 0.1) is 24.4 Å². The fourth-order valence-corrected chi connectivity index (χ4v) is 6.44. The maximum atomic E-state index is 13.6. The van der Waals surface area contributed by atoms with E-state index < -0.39 is 0 Å². The van der Waals surface area contributed by atoms with Crippen LogP contribution in [0.5, 0.6) is 5.75 Å². The summed E-state index contributed by atoms with van der Waals surface area (Å²) in [6.07, 6.45) is 5.22. The maximum Gasteiger partial charge on any atom is 0.254 e. The first-order chi connectivity index (χ1) is 17.4. The first kappa shape index (κ1) is 21.8. The molecule has 3 aliphatic rings. The number of ether oxygens (including phenoxy) is 1. The van der Waals surface area contributed by atoms with E-state index in [0.29, 0.717) is 23.8 Å². The van der Waals surface area contributed by atoms with E-state index in [1.807, 2.05) is 36.3 Å². The molecule has 2 bridgehead atoms. The van der Waals surface area contributed by atoms with Crippen molar-refractivity contribution < 1.29 is 9.53 Å². The lowest BCUT2D eigenvalue weighted by atomic mass is 10.0. The van der Waals surface area contributed by atoms with E-state index in [1.165, 1.54) is 12.8 Å². The second-order valence-electron chi connectivity index (χ2n) is 10.7. The van der Waals surface area contributed by atoms with Gasteiger partial charge in [-0.15, -0.1) is 0 Å². The third-order valence-corrected chi connectivity index (χ3v) is 8.43. The molecule has 0 unspecified atom stereocenters. The normalized spacial score (nSPS) is 25.4. The van der Waals surface area contributed by atoms with Crippen LogP contribution in [0.3, 0.4) is 0 Å². The topological polar surface area (TPSA) is 117 Å². The molecule has 0 radical (unpaired) electrons. The van der Waals surface area contributed by atoms with Crippen LogP contribution in [-0.4, -0.2) is 61.7 Å². The molecule has 1 aromatic carbocycles. The van der Waals surface area contributed by atoms with Gasteiger partial charge in [-0.25, -0.2) is 9.97 Å². The molecule has 4 atom stereocenters. The first-order valence-electron chi connectivity index (χ1n) is 12.8. The van der Waals surface area contributed by atoms with Gasteiger partial charge < -0.3 is 30.2 Å². The number of carbonyl (C=O) groups excluding carboxylic acids is 1. The standard InChI is InChI=1S/C27H31N7O2/c1-32-24-19(31-26(32)20-10-15-4-3-7-30-25(15)33(20)12-14-5-6-14)9-16(11-21(24)36-2)27(35)34-13-17-8-18(28)23(34)22(17)29/h3-4,7,9-11,14,17-18,22-23H,5-6,8,12-13,28-29H2,1-2H3/t17-,18+,22-,23-/m1/s1. The number of imidazole rings is 1. The minimum atomic E-state index is -0.117. The van der Waals surface area contributed by atoms with Crippen molar-refractivity contribution in [1.82, 2.24) is 24.0 Å². The highest BCUT2D eigenvalue weighted by Crippen LogP contribution is 2.39. The highest BCUT2D eigenvalue weighted by molar-refractivity contribution is 6.00. The minimum absolute atomic E-state index is 0.0574. The maximum absolute atomic E-state index is 13.6. The van der Waals surface area contributed by atoms with Crippen molar-refractivity contribution in [3.05, 3.63) is 42.1 Å². The Kier molecular flexibility index (Phi) is 4.72. The molecule has 1 aliphatic heterocycles. The summed E-state index contributed by atoms with van der Waals surface area (Å²) in [6.45, 7) is 1.58. The van der Waals surface area contributed by atoms with Crippen LogP contribution in [0.25, 0.3) is 33.6 Å². The van der Waals surface area contributed by atoms with Gasteiger partial charge in [0, 0.05) is 49.4 Å². The lowest BCUT2D eigenvalue weighted by molar-refractivity contribution is 0.0681. The Labute approximate surface area is 209 Å². The third-order valence-electron chi connectivity index (χ3n) is 8.43. The molecular formula is C27H31N7O2. The van der Waals surface area contributed by atoms with Crippen molar-refractivity contribution in [1.29, 1.82) is 0 Å². The van der Waals surface area contributed by atoms with Crippen molar-refractivity contribution >= 4 is 28.0 Å². The summed E-state index contributed by atoms with van der Waals surface area (Å²) >= 11 is 0. The lowest BCUT2D eigenvalue weighted by Crippen LogP contribution is -2.51. The van der Waals surface area contributed by atoms with E-state index in [4.69, 9.17) is 21.2 Å². The number of carbonyl (C=O) groups is 1. The van der Waals surface area contributed by atoms with E-state index >= 15 is 0 Å². The summed E-state index contributed by atoms with van der Waals surface area (Å²) in [6, 6.07) is 9.66. The van der Waals surface area contributed by atoms with Crippen molar-refractivity contribution in [2.45, 2.75) is 43.9 Å². The summed E-state index contributed by atoms with van der Waals surface area (Å²) < 4.78 is 10.1. The number of hydrogen-bond donors (Lipinski definition) is 2. The van der Waals surface area contributed by atoms with Crippen molar-refractivity contribution in [2.24, 2.45) is 30.4 Å². The second-order valence-corrected chi connectivity index (χ2v) is 10.7. The molecule has 4 aromatic rings. The van der Waals surface area contributed by atoms with E-state index in [9.17, 15) is 4.79 Å². The summed E-state index contributed by atoms with van der Waals surface area (Å²) in [5.41, 5.74) is 16.8. The molecule has 9 heteroatoms. The van der Waals surface area contributed by atoms with Gasteiger partial charge in [0.15, 0.2) is 5.82 Å². The molecule has 3 fully saturated rings. The summed E-state index contributed by atoms with van der Waals surface area (Å²) in [7, 11) is 3.63. The van der Waals surface area contributed by atoms with Gasteiger partial charge in [-0.3, -0.25) is 4.79 Å². The largest absolute Gasteiger partial charge is 0.494 e. The first-order valence-corrected chi connectivity index (χ1v) is 12.8. The van der Waals surface area contributed by atoms with Crippen LogP contribution in [-0.2, 0) is 13.6 Å². The average molecular weight is 486 g/mol. The molecule has 186 valence electrons. The number of piperidine rings is 1. The SMILES string of the molecule is COc1cc(C(=O)N2C[C@H]3C[C@H](N)[C@@H]2[C@@H]3N)cc2nc(-c3cc4cccnc4n3CC3CC3)n(C)c12. The average Bonchev–Trinajstić information content (AvgIpc) is 3.32. The van der Waals surface area contributed by atoms with E-state index in [1.54, 1.807) is 7.11 Å². The van der Waals surface area contributed by atoms with Crippen LogP contribution < -0.4 is 16.2 Å². The fraction of sp³-hybridized carbons (Fsp3) is 0.444. The number of amides is 1. The van der Waals surface area contributed by atoms with Crippen LogP contribution in [0, 0.1) is 11.8 Å². The molecule has 3 aromatic heterocycles. The molecule has 9 nitrogen and oxygen atoms in total. The zero-order valence-corrected chi connectivity index (χ0v) is 20.6. The Morgan fingerprint density at radius 1 is 1.22 bits per heavy atom. The predicted octanol–water partition coefficient (Wildman–Crippen LogP) is 2.51. The monoisotopic (exact) mass is 485 g/mol. The number of hydrogen-bond acceptors (Lipinski definition) is 6.